The molecule has 4 aromatic rings. The summed E-state index contributed by atoms with van der Waals surface area (Å²) < 4.78 is 32.6. The summed E-state index contributed by atoms with van der Waals surface area (Å²) in [6.07, 6.45) is 4.72. The number of nitrogens with zero attached hydrogens (tertiary/aromatic N) is 2. The highest BCUT2D eigenvalue weighted by atomic mass is 32.2. The molecular weight excluding hydrogens is 340 g/mol. The predicted molar refractivity (Wildman–Crippen MR) is 91.5 cm³/mol. The first-order valence-corrected chi connectivity index (χ1v) is 8.99. The number of benzene rings is 1. The average molecular weight is 354 g/mol. The Morgan fingerprint density at radius 2 is 1.92 bits per heavy atom. The van der Waals surface area contributed by atoms with Crippen LogP contribution in [-0.2, 0) is 10.0 Å². The Balaban J connectivity index is 2.01. The van der Waals surface area contributed by atoms with Crippen LogP contribution in [0.5, 0.6) is 0 Å². The third-order valence-electron chi connectivity index (χ3n) is 4.01. The van der Waals surface area contributed by atoms with Crippen LogP contribution < -0.4 is 0 Å². The number of pyridine rings is 1. The number of aromatic nitrogens is 2. The highest BCUT2D eigenvalue weighted by Gasteiger charge is 2.27. The van der Waals surface area contributed by atoms with E-state index in [1.165, 1.54) is 30.9 Å². The van der Waals surface area contributed by atoms with Crippen LogP contribution in [0.3, 0.4) is 0 Å². The molecule has 6 nitrogen and oxygen atoms in total. The van der Waals surface area contributed by atoms with Gasteiger partial charge in [0.25, 0.3) is 10.0 Å². The fourth-order valence-electron chi connectivity index (χ4n) is 2.80. The maximum absolute atomic E-state index is 13.2. The molecule has 126 valence electrons. The van der Waals surface area contributed by atoms with Gasteiger partial charge in [-0.15, -0.1) is 0 Å². The quantitative estimate of drug-likeness (QED) is 0.609. The Labute approximate surface area is 144 Å². The van der Waals surface area contributed by atoms with E-state index >= 15 is 0 Å². The molecule has 3 heterocycles. The topological polar surface area (TPSA) is 85.3 Å². The second-order valence-electron chi connectivity index (χ2n) is 5.55. The molecule has 7 heteroatoms. The van der Waals surface area contributed by atoms with Gasteiger partial charge in [0.2, 0.25) is 0 Å². The molecule has 1 atom stereocenters. The fraction of sp³-hybridized carbons (Fsp3) is 0.0556. The van der Waals surface area contributed by atoms with E-state index in [2.05, 4.69) is 4.98 Å². The van der Waals surface area contributed by atoms with Gasteiger partial charge in [-0.2, -0.15) is 0 Å². The molecule has 0 aliphatic heterocycles. The van der Waals surface area contributed by atoms with E-state index in [-0.39, 0.29) is 10.6 Å². The summed E-state index contributed by atoms with van der Waals surface area (Å²) in [7, 11) is -3.90. The summed E-state index contributed by atoms with van der Waals surface area (Å²) in [5, 5.41) is 11.4. The summed E-state index contributed by atoms with van der Waals surface area (Å²) >= 11 is 0. The van der Waals surface area contributed by atoms with Crippen molar-refractivity contribution in [1.82, 2.24) is 8.96 Å². The van der Waals surface area contributed by atoms with Crippen LogP contribution in [0, 0.1) is 0 Å². The minimum Gasteiger partial charge on any atom is -0.472 e. The molecule has 0 aliphatic rings. The fourth-order valence-corrected chi connectivity index (χ4v) is 4.36. The molecule has 0 radical (unpaired) electrons. The number of aliphatic hydroxyl groups is 1. The van der Waals surface area contributed by atoms with Gasteiger partial charge >= 0.3 is 0 Å². The highest BCUT2D eigenvalue weighted by molar-refractivity contribution is 7.90. The first kappa shape index (κ1) is 15.6. The molecule has 0 saturated carbocycles. The standard InChI is InChI=1S/C18H14N2O4S/c21-18(14-7-9-24-12-14)16-10-13-6-8-19-11-17(13)20(16)25(22,23)15-4-2-1-3-5-15/h1-12,18,21H/t18-/m0/s1. The van der Waals surface area contributed by atoms with Crippen LogP contribution in [0.2, 0.25) is 0 Å². The van der Waals surface area contributed by atoms with E-state index < -0.39 is 16.1 Å². The third-order valence-corrected chi connectivity index (χ3v) is 5.77. The van der Waals surface area contributed by atoms with Gasteiger partial charge < -0.3 is 9.52 Å². The molecule has 0 unspecified atom stereocenters. The minimum atomic E-state index is -3.90. The van der Waals surface area contributed by atoms with Crippen LogP contribution in [0.1, 0.15) is 17.4 Å². The lowest BCUT2D eigenvalue weighted by molar-refractivity contribution is 0.213. The Morgan fingerprint density at radius 3 is 2.64 bits per heavy atom. The molecule has 0 aliphatic carbocycles. The SMILES string of the molecule is O=S(=O)(c1ccccc1)n1c([C@@H](O)c2ccoc2)cc2ccncc21. The van der Waals surface area contributed by atoms with E-state index in [1.54, 1.807) is 42.6 Å². The lowest BCUT2D eigenvalue weighted by atomic mass is 10.1. The molecule has 0 amide bonds. The second kappa shape index (κ2) is 5.87. The third kappa shape index (κ3) is 2.54. The Kier molecular flexibility index (Phi) is 3.67. The molecule has 0 saturated heterocycles. The Bertz CT molecular complexity index is 1120. The van der Waals surface area contributed by atoms with E-state index in [1.807, 2.05) is 0 Å². The van der Waals surface area contributed by atoms with Gasteiger partial charge in [0, 0.05) is 17.1 Å². The molecule has 4 rings (SSSR count). The maximum Gasteiger partial charge on any atom is 0.268 e. The van der Waals surface area contributed by atoms with Gasteiger partial charge in [-0.25, -0.2) is 12.4 Å². The van der Waals surface area contributed by atoms with E-state index in [4.69, 9.17) is 4.42 Å². The number of rotatable bonds is 4. The molecule has 0 spiro atoms. The zero-order valence-corrected chi connectivity index (χ0v) is 13.8. The van der Waals surface area contributed by atoms with Crippen molar-refractivity contribution >= 4 is 20.9 Å². The smallest absolute Gasteiger partial charge is 0.268 e. The van der Waals surface area contributed by atoms with Gasteiger partial charge in [0.1, 0.15) is 6.10 Å². The molecule has 1 N–H and O–H groups in total. The number of hydrogen-bond acceptors (Lipinski definition) is 5. The van der Waals surface area contributed by atoms with Crippen molar-refractivity contribution in [2.75, 3.05) is 0 Å². The average Bonchev–Trinajstić information content (AvgIpc) is 3.29. The van der Waals surface area contributed by atoms with E-state index in [9.17, 15) is 13.5 Å². The summed E-state index contributed by atoms with van der Waals surface area (Å²) in [4.78, 5) is 4.17. The van der Waals surface area contributed by atoms with Gasteiger partial charge in [0.15, 0.2) is 0 Å². The van der Waals surface area contributed by atoms with Crippen LogP contribution >= 0.6 is 0 Å². The molecule has 25 heavy (non-hydrogen) atoms. The molecular formula is C18H14N2O4S. The zero-order valence-electron chi connectivity index (χ0n) is 13.0. The van der Waals surface area contributed by atoms with E-state index in [0.717, 1.165) is 3.97 Å². The van der Waals surface area contributed by atoms with Crippen LogP contribution in [0.25, 0.3) is 10.9 Å². The van der Waals surface area contributed by atoms with Gasteiger partial charge in [-0.1, -0.05) is 18.2 Å². The van der Waals surface area contributed by atoms with Crippen molar-refractivity contribution in [2.24, 2.45) is 0 Å². The lowest BCUT2D eigenvalue weighted by Gasteiger charge is -2.15. The van der Waals surface area contributed by atoms with Crippen LogP contribution in [0.15, 0.2) is 82.8 Å². The Morgan fingerprint density at radius 1 is 1.12 bits per heavy atom. The predicted octanol–water partition coefficient (Wildman–Crippen LogP) is 2.95. The number of fused-ring (bicyclic) bond motifs is 1. The van der Waals surface area contributed by atoms with Gasteiger partial charge in [-0.05, 0) is 30.3 Å². The van der Waals surface area contributed by atoms with E-state index in [0.29, 0.717) is 16.5 Å². The van der Waals surface area contributed by atoms with Crippen LogP contribution in [0.4, 0.5) is 0 Å². The Hall–Kier alpha value is -2.90. The highest BCUT2D eigenvalue weighted by Crippen LogP contribution is 2.31. The first-order chi connectivity index (χ1) is 12.1. The first-order valence-electron chi connectivity index (χ1n) is 7.55. The number of hydrogen-bond donors (Lipinski definition) is 1. The maximum atomic E-state index is 13.2. The monoisotopic (exact) mass is 354 g/mol. The zero-order chi connectivity index (χ0) is 17.4. The minimum absolute atomic E-state index is 0.136. The normalized spacial score (nSPS) is 13.2. The molecule has 0 fully saturated rings. The lowest BCUT2D eigenvalue weighted by Crippen LogP contribution is -2.18. The summed E-state index contributed by atoms with van der Waals surface area (Å²) in [5.74, 6) is 0. The number of aliphatic hydroxyl groups excluding tert-OH is 1. The summed E-state index contributed by atoms with van der Waals surface area (Å²) in [6.45, 7) is 0. The summed E-state index contributed by atoms with van der Waals surface area (Å²) in [6, 6.07) is 13.0. The van der Waals surface area contributed by atoms with Gasteiger partial charge in [-0.3, -0.25) is 4.98 Å². The van der Waals surface area contributed by atoms with Gasteiger partial charge in [0.05, 0.1) is 34.8 Å². The van der Waals surface area contributed by atoms with Crippen molar-refractivity contribution in [1.29, 1.82) is 0 Å². The molecule has 3 aromatic heterocycles. The summed E-state index contributed by atoms with van der Waals surface area (Å²) in [5.41, 5.74) is 1.11. The largest absolute Gasteiger partial charge is 0.472 e. The molecule has 0 bridgehead atoms. The molecule has 1 aromatic carbocycles. The van der Waals surface area contributed by atoms with Crippen molar-refractivity contribution < 1.29 is 17.9 Å². The van der Waals surface area contributed by atoms with Crippen molar-refractivity contribution in [3.05, 3.63) is 84.7 Å². The van der Waals surface area contributed by atoms with Crippen LogP contribution in [-0.4, -0.2) is 22.5 Å². The second-order valence-corrected chi connectivity index (χ2v) is 7.33. The van der Waals surface area contributed by atoms with Crippen molar-refractivity contribution in [3.8, 4) is 0 Å². The number of furan rings is 1. The van der Waals surface area contributed by atoms with Crippen molar-refractivity contribution in [3.63, 3.8) is 0 Å². The van der Waals surface area contributed by atoms with Crippen molar-refractivity contribution in [2.45, 2.75) is 11.0 Å².